The van der Waals surface area contributed by atoms with E-state index in [2.05, 4.69) is 15.4 Å². The minimum atomic E-state index is -0.444. The second-order valence-electron chi connectivity index (χ2n) is 8.98. The van der Waals surface area contributed by atoms with Crippen molar-refractivity contribution in [2.24, 2.45) is 7.05 Å². The third-order valence-electron chi connectivity index (χ3n) is 6.98. The van der Waals surface area contributed by atoms with Gasteiger partial charge in [0.25, 0.3) is 11.8 Å². The molecule has 1 aliphatic rings. The second-order valence-corrected chi connectivity index (χ2v) is 8.98. The Morgan fingerprint density at radius 1 is 0.889 bits per heavy atom. The molecule has 4 N–H and O–H groups in total. The first-order chi connectivity index (χ1) is 17.4. The normalized spacial score (nSPS) is 13.6. The fourth-order valence-corrected chi connectivity index (χ4v) is 5.40. The Morgan fingerprint density at radius 2 is 1.56 bits per heavy atom. The van der Waals surface area contributed by atoms with E-state index in [0.717, 1.165) is 32.4 Å². The summed E-state index contributed by atoms with van der Waals surface area (Å²) in [5.74, 6) is -0.691. The number of benzene rings is 3. The smallest absolute Gasteiger partial charge is 0.276 e. The minimum absolute atomic E-state index is 0.0898. The van der Waals surface area contributed by atoms with E-state index in [1.807, 2.05) is 23.7 Å². The van der Waals surface area contributed by atoms with Gasteiger partial charge in [0.1, 0.15) is 11.5 Å². The summed E-state index contributed by atoms with van der Waals surface area (Å²) in [5.41, 5.74) is 7.28. The molecular formula is C27H19N5O4. The van der Waals surface area contributed by atoms with Crippen LogP contribution in [-0.2, 0) is 13.6 Å². The Bertz CT molecular complexity index is 1920. The number of aryl methyl sites for hydroxylation is 1. The van der Waals surface area contributed by atoms with E-state index in [9.17, 15) is 19.8 Å². The SMILES string of the molecule is Cn1c2cc(O)ccc2c2c3c(c4c5ccc(O)cc5[nH]c4c21)C(=O)N(NCc1ccncc1)C3=O. The number of pyridine rings is 1. The zero-order valence-corrected chi connectivity index (χ0v) is 19.0. The first-order valence-corrected chi connectivity index (χ1v) is 11.4. The average molecular weight is 477 g/mol. The van der Waals surface area contributed by atoms with E-state index in [0.29, 0.717) is 32.9 Å². The van der Waals surface area contributed by atoms with Gasteiger partial charge in [-0.05, 0) is 42.0 Å². The molecule has 0 aliphatic carbocycles. The van der Waals surface area contributed by atoms with Crippen LogP contribution in [0.15, 0.2) is 60.9 Å². The Labute approximate surface area is 203 Å². The van der Waals surface area contributed by atoms with Crippen LogP contribution >= 0.6 is 0 Å². The number of nitrogens with one attached hydrogen (secondary N) is 2. The van der Waals surface area contributed by atoms with Crippen molar-refractivity contribution in [2.75, 3.05) is 0 Å². The summed E-state index contributed by atoms with van der Waals surface area (Å²) in [5, 5.41) is 24.0. The molecule has 0 unspecified atom stereocenters. The van der Waals surface area contributed by atoms with Gasteiger partial charge in [0.2, 0.25) is 0 Å². The van der Waals surface area contributed by atoms with Crippen LogP contribution in [0.1, 0.15) is 26.3 Å². The third-order valence-corrected chi connectivity index (χ3v) is 6.98. The number of carbonyl (C=O) groups is 2. The highest BCUT2D eigenvalue weighted by atomic mass is 16.3. The van der Waals surface area contributed by atoms with E-state index in [1.165, 1.54) is 0 Å². The summed E-state index contributed by atoms with van der Waals surface area (Å²) in [6.45, 7) is 0.269. The highest BCUT2D eigenvalue weighted by Crippen LogP contribution is 2.45. The number of aromatic hydroxyl groups is 2. The van der Waals surface area contributed by atoms with Crippen LogP contribution in [0.3, 0.4) is 0 Å². The molecule has 0 fully saturated rings. The predicted octanol–water partition coefficient (Wildman–Crippen LogP) is 4.07. The first kappa shape index (κ1) is 20.5. The number of aromatic amines is 1. The summed E-state index contributed by atoms with van der Waals surface area (Å²) >= 11 is 0. The first-order valence-electron chi connectivity index (χ1n) is 11.4. The molecule has 6 aromatic rings. The molecule has 0 saturated carbocycles. The number of imide groups is 1. The van der Waals surface area contributed by atoms with Crippen molar-refractivity contribution in [3.63, 3.8) is 0 Å². The third kappa shape index (κ3) is 2.60. The van der Waals surface area contributed by atoms with Gasteiger partial charge in [-0.3, -0.25) is 14.6 Å². The molecule has 3 aromatic carbocycles. The maximum absolute atomic E-state index is 13.8. The van der Waals surface area contributed by atoms with Crippen LogP contribution < -0.4 is 5.43 Å². The van der Waals surface area contributed by atoms with E-state index in [1.54, 1.807) is 48.8 Å². The molecule has 36 heavy (non-hydrogen) atoms. The van der Waals surface area contributed by atoms with Gasteiger partial charge in [0.15, 0.2) is 0 Å². The molecule has 1 aliphatic heterocycles. The molecule has 3 aromatic heterocycles. The summed E-state index contributed by atoms with van der Waals surface area (Å²) in [4.78, 5) is 35.0. The van der Waals surface area contributed by atoms with Crippen molar-refractivity contribution in [1.29, 1.82) is 0 Å². The molecule has 0 atom stereocenters. The Hall–Kier alpha value is -4.89. The second kappa shape index (κ2) is 7.06. The number of nitrogens with zero attached hydrogens (tertiary/aromatic N) is 3. The van der Waals surface area contributed by atoms with Gasteiger partial charge < -0.3 is 19.8 Å². The minimum Gasteiger partial charge on any atom is -0.508 e. The number of amides is 2. The molecule has 0 spiro atoms. The number of fused-ring (bicyclic) bond motifs is 10. The number of carbonyl (C=O) groups excluding carboxylic acids is 2. The van der Waals surface area contributed by atoms with Crippen LogP contribution in [0.25, 0.3) is 43.6 Å². The maximum Gasteiger partial charge on any atom is 0.276 e. The van der Waals surface area contributed by atoms with Gasteiger partial charge in [-0.1, -0.05) is 0 Å². The monoisotopic (exact) mass is 477 g/mol. The fourth-order valence-electron chi connectivity index (χ4n) is 5.40. The highest BCUT2D eigenvalue weighted by molar-refractivity contribution is 6.39. The Balaban J connectivity index is 1.57. The number of H-pyrrole nitrogens is 1. The Kier molecular flexibility index (Phi) is 4.02. The molecule has 0 radical (unpaired) electrons. The van der Waals surface area contributed by atoms with E-state index >= 15 is 0 Å². The average Bonchev–Trinajstić information content (AvgIpc) is 3.46. The Morgan fingerprint density at radius 3 is 2.31 bits per heavy atom. The number of phenols is 2. The molecule has 9 heteroatoms. The maximum atomic E-state index is 13.8. The standard InChI is InChI=1S/C27H19N5O4/c1-31-19-11-15(34)3-5-17(19)21-23-22(20-16-4-2-14(33)10-18(16)30-24(20)25(21)31)26(35)32(27(23)36)29-12-13-6-8-28-9-7-13/h2-11,29-30,33-34H,12H2,1H3. The molecular weight excluding hydrogens is 458 g/mol. The van der Waals surface area contributed by atoms with Crippen LogP contribution in [0.4, 0.5) is 0 Å². The van der Waals surface area contributed by atoms with Crippen LogP contribution in [0.2, 0.25) is 0 Å². The van der Waals surface area contributed by atoms with Gasteiger partial charge in [-0.25, -0.2) is 10.4 Å². The van der Waals surface area contributed by atoms with E-state index in [-0.39, 0.29) is 18.0 Å². The number of hydrogen-bond donors (Lipinski definition) is 4. The lowest BCUT2D eigenvalue weighted by molar-refractivity contribution is 0.0563. The fraction of sp³-hybridized carbons (Fsp3) is 0.0741. The number of rotatable bonds is 3. The van der Waals surface area contributed by atoms with Crippen LogP contribution in [0, 0.1) is 0 Å². The van der Waals surface area contributed by atoms with E-state index < -0.39 is 11.8 Å². The summed E-state index contributed by atoms with van der Waals surface area (Å²) in [7, 11) is 1.86. The lowest BCUT2D eigenvalue weighted by atomic mass is 9.96. The molecule has 2 amide bonds. The summed E-state index contributed by atoms with van der Waals surface area (Å²) < 4.78 is 1.91. The number of aromatic nitrogens is 3. The molecule has 9 nitrogen and oxygen atoms in total. The molecule has 0 saturated heterocycles. The number of phenolic OH excluding ortho intramolecular Hbond substituents is 2. The van der Waals surface area contributed by atoms with Crippen molar-refractivity contribution in [1.82, 2.24) is 25.0 Å². The van der Waals surface area contributed by atoms with Gasteiger partial charge >= 0.3 is 0 Å². The van der Waals surface area contributed by atoms with Gasteiger partial charge in [-0.2, -0.15) is 0 Å². The summed E-state index contributed by atoms with van der Waals surface area (Å²) in [6, 6.07) is 13.5. The predicted molar refractivity (Wildman–Crippen MR) is 135 cm³/mol. The van der Waals surface area contributed by atoms with Gasteiger partial charge in [-0.15, -0.1) is 0 Å². The van der Waals surface area contributed by atoms with Crippen molar-refractivity contribution in [2.45, 2.75) is 6.54 Å². The van der Waals surface area contributed by atoms with Crippen LogP contribution in [-0.4, -0.2) is 41.6 Å². The quantitative estimate of drug-likeness (QED) is 0.285. The van der Waals surface area contributed by atoms with Gasteiger partial charge in [0.05, 0.1) is 33.2 Å². The topological polar surface area (TPSA) is 123 Å². The number of hydrogen-bond acceptors (Lipinski definition) is 6. The summed E-state index contributed by atoms with van der Waals surface area (Å²) in [6.07, 6.45) is 3.30. The molecule has 4 heterocycles. The van der Waals surface area contributed by atoms with E-state index in [4.69, 9.17) is 0 Å². The van der Waals surface area contributed by atoms with Crippen molar-refractivity contribution in [3.8, 4) is 11.5 Å². The molecule has 0 bridgehead atoms. The lowest BCUT2D eigenvalue weighted by Crippen LogP contribution is -2.41. The number of hydrazine groups is 1. The lowest BCUT2D eigenvalue weighted by Gasteiger charge is -2.15. The molecule has 7 rings (SSSR count). The zero-order chi connectivity index (χ0) is 24.7. The van der Waals surface area contributed by atoms with Crippen molar-refractivity contribution < 1.29 is 19.8 Å². The van der Waals surface area contributed by atoms with Crippen molar-refractivity contribution in [3.05, 3.63) is 77.6 Å². The van der Waals surface area contributed by atoms with Crippen LogP contribution in [0.5, 0.6) is 11.5 Å². The zero-order valence-electron chi connectivity index (χ0n) is 19.0. The van der Waals surface area contributed by atoms with Crippen molar-refractivity contribution >= 4 is 55.4 Å². The molecule has 176 valence electrons. The largest absolute Gasteiger partial charge is 0.508 e. The highest BCUT2D eigenvalue weighted by Gasteiger charge is 2.41. The van der Waals surface area contributed by atoms with Gasteiger partial charge in [0, 0.05) is 59.7 Å².